The van der Waals surface area contributed by atoms with Crippen LogP contribution in [0.3, 0.4) is 0 Å². The minimum Gasteiger partial charge on any atom is -0.324 e. The largest absolute Gasteiger partial charge is 0.324 e. The van der Waals surface area contributed by atoms with Crippen LogP contribution in [0.4, 0.5) is 10.1 Å². The van der Waals surface area contributed by atoms with Crippen molar-refractivity contribution in [2.75, 3.05) is 12.4 Å². The van der Waals surface area contributed by atoms with Crippen LogP contribution in [-0.2, 0) is 11.3 Å². The van der Waals surface area contributed by atoms with Crippen LogP contribution in [0.15, 0.2) is 36.4 Å². The summed E-state index contributed by atoms with van der Waals surface area (Å²) < 4.78 is 13.7. The van der Waals surface area contributed by atoms with Gasteiger partial charge in [0, 0.05) is 5.56 Å². The van der Waals surface area contributed by atoms with Gasteiger partial charge < -0.3 is 10.2 Å². The van der Waals surface area contributed by atoms with Crippen LogP contribution in [0, 0.1) is 5.82 Å². The zero-order chi connectivity index (χ0) is 17.9. The third kappa shape index (κ3) is 4.61. The SMILES string of the molecule is C[C@H](C(=O)Nc1cc(Cl)c(Cl)cc1Cl)[NH+](C)Cc1ccccc1F. The highest BCUT2D eigenvalue weighted by Gasteiger charge is 2.23. The van der Waals surface area contributed by atoms with Crippen molar-refractivity contribution in [2.24, 2.45) is 0 Å². The van der Waals surface area contributed by atoms with E-state index in [-0.39, 0.29) is 11.7 Å². The highest BCUT2D eigenvalue weighted by molar-refractivity contribution is 6.44. The van der Waals surface area contributed by atoms with E-state index in [0.717, 1.165) is 4.90 Å². The molecule has 2 N–H and O–H groups in total. The van der Waals surface area contributed by atoms with Crippen LogP contribution in [0.1, 0.15) is 12.5 Å². The van der Waals surface area contributed by atoms with E-state index in [1.54, 1.807) is 25.1 Å². The molecule has 0 saturated heterocycles. The average molecular weight is 391 g/mol. The third-order valence-corrected chi connectivity index (χ3v) is 4.86. The van der Waals surface area contributed by atoms with Crippen LogP contribution in [0.5, 0.6) is 0 Å². The Morgan fingerprint density at radius 2 is 1.79 bits per heavy atom. The second-order valence-electron chi connectivity index (χ2n) is 5.57. The summed E-state index contributed by atoms with van der Waals surface area (Å²) in [5.74, 6) is -0.527. The summed E-state index contributed by atoms with van der Waals surface area (Å²) in [5.41, 5.74) is 0.948. The molecule has 0 aromatic heterocycles. The number of likely N-dealkylation sites (N-methyl/N-ethyl adjacent to an activating group) is 1. The molecule has 2 aromatic rings. The molecule has 0 radical (unpaired) electrons. The number of amides is 1. The predicted octanol–water partition coefficient (Wildman–Crippen LogP) is 3.83. The molecule has 0 aliphatic heterocycles. The number of anilines is 1. The van der Waals surface area contributed by atoms with Gasteiger partial charge in [-0.2, -0.15) is 0 Å². The molecule has 2 aromatic carbocycles. The maximum absolute atomic E-state index is 13.7. The van der Waals surface area contributed by atoms with Crippen molar-refractivity contribution in [3.05, 3.63) is 62.8 Å². The van der Waals surface area contributed by atoms with Crippen molar-refractivity contribution < 1.29 is 14.1 Å². The summed E-state index contributed by atoms with van der Waals surface area (Å²) in [5, 5.41) is 3.65. The lowest BCUT2D eigenvalue weighted by molar-refractivity contribution is -0.908. The Morgan fingerprint density at radius 3 is 2.46 bits per heavy atom. The molecule has 3 nitrogen and oxygen atoms in total. The van der Waals surface area contributed by atoms with E-state index in [1.165, 1.54) is 18.2 Å². The zero-order valence-electron chi connectivity index (χ0n) is 13.2. The Morgan fingerprint density at radius 1 is 1.17 bits per heavy atom. The lowest BCUT2D eigenvalue weighted by Crippen LogP contribution is -3.12. The Balaban J connectivity index is 2.06. The van der Waals surface area contributed by atoms with Crippen LogP contribution >= 0.6 is 34.8 Å². The molecule has 7 heteroatoms. The first kappa shape index (κ1) is 19.0. The summed E-state index contributed by atoms with van der Waals surface area (Å²) in [7, 11) is 1.83. The lowest BCUT2D eigenvalue weighted by atomic mass is 10.1. The Bertz CT molecular complexity index is 755. The Labute approximate surface area is 155 Å². The second kappa shape index (κ2) is 8.17. The molecular formula is C17H17Cl3FN2O+. The third-order valence-electron chi connectivity index (χ3n) is 3.83. The first-order chi connectivity index (χ1) is 11.3. The molecule has 1 amide bonds. The number of halogens is 4. The summed E-state index contributed by atoms with van der Waals surface area (Å²) in [6, 6.07) is 9.07. The van der Waals surface area contributed by atoms with Crippen molar-refractivity contribution >= 4 is 46.4 Å². The van der Waals surface area contributed by atoms with Gasteiger partial charge in [0.15, 0.2) is 6.04 Å². The smallest absolute Gasteiger partial charge is 0.282 e. The molecule has 0 aliphatic rings. The molecule has 0 spiro atoms. The zero-order valence-corrected chi connectivity index (χ0v) is 15.4. The monoisotopic (exact) mass is 389 g/mol. The van der Waals surface area contributed by atoms with Gasteiger partial charge in [-0.1, -0.05) is 53.0 Å². The fourth-order valence-electron chi connectivity index (χ4n) is 2.18. The minimum atomic E-state index is -0.421. The van der Waals surface area contributed by atoms with Gasteiger partial charge in [-0.15, -0.1) is 0 Å². The number of nitrogens with one attached hydrogen (secondary N) is 2. The van der Waals surface area contributed by atoms with Crippen LogP contribution in [0.25, 0.3) is 0 Å². The molecule has 2 atom stereocenters. The molecule has 0 fully saturated rings. The van der Waals surface area contributed by atoms with Gasteiger partial charge in [0.1, 0.15) is 12.4 Å². The van der Waals surface area contributed by atoms with Gasteiger partial charge in [0.2, 0.25) is 0 Å². The van der Waals surface area contributed by atoms with Gasteiger partial charge in [-0.3, -0.25) is 4.79 Å². The van der Waals surface area contributed by atoms with Crippen molar-refractivity contribution in [1.29, 1.82) is 0 Å². The first-order valence-electron chi connectivity index (χ1n) is 7.30. The van der Waals surface area contributed by atoms with Gasteiger partial charge in [-0.05, 0) is 25.1 Å². The van der Waals surface area contributed by atoms with Crippen molar-refractivity contribution in [3.8, 4) is 0 Å². The fraction of sp³-hybridized carbons (Fsp3) is 0.235. The van der Waals surface area contributed by atoms with Crippen molar-refractivity contribution in [1.82, 2.24) is 0 Å². The molecule has 0 saturated carbocycles. The maximum Gasteiger partial charge on any atom is 0.282 e. The van der Waals surface area contributed by atoms with E-state index in [1.807, 2.05) is 7.05 Å². The highest BCUT2D eigenvalue weighted by atomic mass is 35.5. The van der Waals surface area contributed by atoms with Crippen LogP contribution < -0.4 is 10.2 Å². The molecule has 2 rings (SSSR count). The number of benzene rings is 2. The second-order valence-corrected chi connectivity index (χ2v) is 6.79. The van der Waals surface area contributed by atoms with E-state index in [4.69, 9.17) is 34.8 Å². The Kier molecular flexibility index (Phi) is 6.47. The summed E-state index contributed by atoms with van der Waals surface area (Å²) in [6.07, 6.45) is 0. The van der Waals surface area contributed by atoms with E-state index in [9.17, 15) is 9.18 Å². The maximum atomic E-state index is 13.7. The summed E-state index contributed by atoms with van der Waals surface area (Å²) in [6.45, 7) is 2.15. The number of carbonyl (C=O) groups is 1. The van der Waals surface area contributed by atoms with Gasteiger partial charge in [0.05, 0.1) is 27.8 Å². The number of hydrogen-bond acceptors (Lipinski definition) is 1. The van der Waals surface area contributed by atoms with Crippen LogP contribution in [-0.4, -0.2) is 19.0 Å². The number of rotatable bonds is 5. The molecule has 128 valence electrons. The quantitative estimate of drug-likeness (QED) is 0.748. The van der Waals surface area contributed by atoms with Crippen molar-refractivity contribution in [2.45, 2.75) is 19.5 Å². The summed E-state index contributed by atoms with van der Waals surface area (Å²) in [4.78, 5) is 13.3. The standard InChI is InChI=1S/C17H16Cl3FN2O/c1-10(23(2)9-11-5-3-4-6-15(11)21)17(24)22-16-8-13(19)12(18)7-14(16)20/h3-8,10H,9H2,1-2H3,(H,22,24)/p+1/t10-/m1/s1. The van der Waals surface area contributed by atoms with E-state index >= 15 is 0 Å². The Hall–Kier alpha value is -1.33. The first-order valence-corrected chi connectivity index (χ1v) is 8.44. The van der Waals surface area contributed by atoms with E-state index in [2.05, 4.69) is 5.32 Å². The van der Waals surface area contributed by atoms with E-state index < -0.39 is 6.04 Å². The topological polar surface area (TPSA) is 33.5 Å². The molecule has 1 unspecified atom stereocenters. The molecular weight excluding hydrogens is 374 g/mol. The number of carbonyl (C=O) groups excluding carboxylic acids is 1. The van der Waals surface area contributed by atoms with Gasteiger partial charge in [-0.25, -0.2) is 4.39 Å². The number of quaternary nitrogens is 1. The normalized spacial score (nSPS) is 13.4. The summed E-state index contributed by atoms with van der Waals surface area (Å²) >= 11 is 17.9. The van der Waals surface area contributed by atoms with Gasteiger partial charge >= 0.3 is 0 Å². The lowest BCUT2D eigenvalue weighted by Gasteiger charge is -2.21. The molecule has 24 heavy (non-hydrogen) atoms. The fourth-order valence-corrected chi connectivity index (χ4v) is 2.77. The molecule has 0 aliphatic carbocycles. The van der Waals surface area contributed by atoms with Crippen LogP contribution in [0.2, 0.25) is 15.1 Å². The number of hydrogen-bond donors (Lipinski definition) is 2. The highest BCUT2D eigenvalue weighted by Crippen LogP contribution is 2.32. The van der Waals surface area contributed by atoms with Crippen molar-refractivity contribution in [3.63, 3.8) is 0 Å². The van der Waals surface area contributed by atoms with E-state index in [0.29, 0.717) is 32.9 Å². The average Bonchev–Trinajstić information content (AvgIpc) is 2.53. The molecule has 0 bridgehead atoms. The van der Waals surface area contributed by atoms with Gasteiger partial charge in [0.25, 0.3) is 5.91 Å². The molecule has 0 heterocycles. The predicted molar refractivity (Wildman–Crippen MR) is 96.6 cm³/mol. The minimum absolute atomic E-state index is 0.246.